The Morgan fingerprint density at radius 2 is 2.00 bits per heavy atom. The van der Waals surface area contributed by atoms with E-state index in [9.17, 15) is 13.2 Å². The molecule has 1 aromatic heterocycles. The third kappa shape index (κ3) is 4.71. The molecular formula is C20H19ClN4O5S. The van der Waals surface area contributed by atoms with E-state index < -0.39 is 10.0 Å². The molecule has 0 atom stereocenters. The molecule has 2 heterocycles. The van der Waals surface area contributed by atoms with Gasteiger partial charge in [-0.05, 0) is 18.1 Å². The summed E-state index contributed by atoms with van der Waals surface area (Å²) in [5.74, 6) is 0.585. The van der Waals surface area contributed by atoms with E-state index in [1.165, 1.54) is 17.0 Å². The minimum Gasteiger partial charge on any atom is -0.482 e. The van der Waals surface area contributed by atoms with Gasteiger partial charge < -0.3 is 9.26 Å². The van der Waals surface area contributed by atoms with Crippen molar-refractivity contribution < 1.29 is 22.5 Å². The number of nitrogens with zero attached hydrogens (tertiary/aromatic N) is 3. The zero-order chi connectivity index (χ0) is 22.0. The van der Waals surface area contributed by atoms with Crippen LogP contribution in [0.3, 0.4) is 0 Å². The molecule has 0 saturated carbocycles. The fraction of sp³-hybridized carbons (Fsp3) is 0.250. The van der Waals surface area contributed by atoms with E-state index in [2.05, 4.69) is 14.9 Å². The second kappa shape index (κ2) is 8.66. The number of benzene rings is 2. The lowest BCUT2D eigenvalue weighted by Gasteiger charge is -2.29. The molecular weight excluding hydrogens is 444 g/mol. The average Bonchev–Trinajstić information content (AvgIpc) is 3.15. The van der Waals surface area contributed by atoms with Crippen LogP contribution in [0.2, 0.25) is 5.02 Å². The van der Waals surface area contributed by atoms with Crippen molar-refractivity contribution in [3.05, 3.63) is 64.8 Å². The largest absolute Gasteiger partial charge is 0.482 e. The van der Waals surface area contributed by atoms with E-state index in [-0.39, 0.29) is 41.3 Å². The minimum atomic E-state index is -3.89. The maximum absolute atomic E-state index is 12.8. The zero-order valence-electron chi connectivity index (χ0n) is 16.5. The van der Waals surface area contributed by atoms with Gasteiger partial charge in [0.25, 0.3) is 5.91 Å². The standard InChI is InChI=1S/C20H19ClN4O5S/c1-13-23-19(24-30-13)11-25-16-9-15(21)18(10-17(16)29-12-20(25)26)31(27,28)22-8-7-14-5-3-2-4-6-14/h2-6,9-10,22H,7-8,11-12H2,1H3. The first-order valence-electron chi connectivity index (χ1n) is 9.43. The number of sulfonamides is 1. The van der Waals surface area contributed by atoms with Crippen molar-refractivity contribution in [3.8, 4) is 5.75 Å². The molecule has 1 N–H and O–H groups in total. The van der Waals surface area contributed by atoms with Gasteiger partial charge in [-0.25, -0.2) is 13.1 Å². The maximum atomic E-state index is 12.8. The number of halogens is 1. The molecule has 0 aliphatic carbocycles. The number of hydrogen-bond acceptors (Lipinski definition) is 7. The molecule has 11 heteroatoms. The Hall–Kier alpha value is -2.95. The highest BCUT2D eigenvalue weighted by Crippen LogP contribution is 2.39. The molecule has 0 bridgehead atoms. The monoisotopic (exact) mass is 462 g/mol. The highest BCUT2D eigenvalue weighted by molar-refractivity contribution is 7.89. The topological polar surface area (TPSA) is 115 Å². The number of rotatable bonds is 7. The first-order chi connectivity index (χ1) is 14.8. The van der Waals surface area contributed by atoms with Gasteiger partial charge in [0.05, 0.1) is 17.3 Å². The van der Waals surface area contributed by atoms with Crippen LogP contribution >= 0.6 is 11.6 Å². The van der Waals surface area contributed by atoms with Crippen LogP contribution in [0, 0.1) is 6.92 Å². The van der Waals surface area contributed by atoms with E-state index in [1.807, 2.05) is 30.3 Å². The molecule has 2 aromatic carbocycles. The summed E-state index contributed by atoms with van der Waals surface area (Å²) < 4.78 is 38.6. The number of aromatic nitrogens is 2. The summed E-state index contributed by atoms with van der Waals surface area (Å²) in [7, 11) is -3.89. The van der Waals surface area contributed by atoms with Crippen molar-refractivity contribution >= 4 is 33.2 Å². The predicted molar refractivity (Wildman–Crippen MR) is 113 cm³/mol. The third-order valence-electron chi connectivity index (χ3n) is 4.66. The lowest BCUT2D eigenvalue weighted by atomic mass is 10.2. The first-order valence-corrected chi connectivity index (χ1v) is 11.3. The van der Waals surface area contributed by atoms with Crippen LogP contribution in [0.25, 0.3) is 0 Å². The van der Waals surface area contributed by atoms with Crippen molar-refractivity contribution in [2.45, 2.75) is 24.8 Å². The number of anilines is 1. The van der Waals surface area contributed by atoms with Gasteiger partial charge in [0.2, 0.25) is 15.9 Å². The summed E-state index contributed by atoms with van der Waals surface area (Å²) >= 11 is 6.30. The van der Waals surface area contributed by atoms with Gasteiger partial charge in [0, 0.05) is 19.5 Å². The number of fused-ring (bicyclic) bond motifs is 1. The SMILES string of the molecule is Cc1nc(CN2C(=O)COc3cc(S(=O)(=O)NCCc4ccccc4)c(Cl)cc32)no1. The molecule has 3 aromatic rings. The fourth-order valence-corrected chi connectivity index (χ4v) is 4.75. The van der Waals surface area contributed by atoms with Crippen molar-refractivity contribution in [2.75, 3.05) is 18.1 Å². The second-order valence-electron chi connectivity index (χ2n) is 6.88. The molecule has 162 valence electrons. The molecule has 0 spiro atoms. The van der Waals surface area contributed by atoms with Gasteiger partial charge in [-0.1, -0.05) is 47.1 Å². The van der Waals surface area contributed by atoms with Crippen molar-refractivity contribution in [3.63, 3.8) is 0 Å². The highest BCUT2D eigenvalue weighted by Gasteiger charge is 2.30. The summed E-state index contributed by atoms with van der Waals surface area (Å²) in [6.07, 6.45) is 0.533. The molecule has 31 heavy (non-hydrogen) atoms. The van der Waals surface area contributed by atoms with Crippen LogP contribution in [0.1, 0.15) is 17.3 Å². The first kappa shape index (κ1) is 21.3. The minimum absolute atomic E-state index is 0.0291. The van der Waals surface area contributed by atoms with Crippen molar-refractivity contribution in [1.82, 2.24) is 14.9 Å². The van der Waals surface area contributed by atoms with Gasteiger partial charge in [0.1, 0.15) is 10.6 Å². The van der Waals surface area contributed by atoms with E-state index in [0.717, 1.165) is 5.56 Å². The van der Waals surface area contributed by atoms with Crippen LogP contribution in [-0.2, 0) is 27.8 Å². The van der Waals surface area contributed by atoms with E-state index in [0.29, 0.717) is 23.8 Å². The molecule has 1 aliphatic heterocycles. The number of aryl methyl sites for hydroxylation is 1. The van der Waals surface area contributed by atoms with Crippen LogP contribution in [0.5, 0.6) is 5.75 Å². The molecule has 0 unspecified atom stereocenters. The van der Waals surface area contributed by atoms with Gasteiger partial charge in [-0.15, -0.1) is 0 Å². The van der Waals surface area contributed by atoms with E-state index in [4.69, 9.17) is 20.9 Å². The van der Waals surface area contributed by atoms with Crippen molar-refractivity contribution in [1.29, 1.82) is 0 Å². The summed E-state index contributed by atoms with van der Waals surface area (Å²) in [6, 6.07) is 12.2. The molecule has 1 amide bonds. The van der Waals surface area contributed by atoms with Crippen LogP contribution in [0.4, 0.5) is 5.69 Å². The average molecular weight is 463 g/mol. The number of hydrogen-bond donors (Lipinski definition) is 1. The molecule has 1 aliphatic rings. The molecule has 9 nitrogen and oxygen atoms in total. The summed E-state index contributed by atoms with van der Waals surface area (Å²) in [5.41, 5.74) is 1.35. The fourth-order valence-electron chi connectivity index (χ4n) is 3.18. The summed E-state index contributed by atoms with van der Waals surface area (Å²) in [5, 5.41) is 3.77. The van der Waals surface area contributed by atoms with Crippen LogP contribution in [-0.4, -0.2) is 37.6 Å². The molecule has 0 saturated heterocycles. The second-order valence-corrected chi connectivity index (χ2v) is 9.02. The van der Waals surface area contributed by atoms with E-state index >= 15 is 0 Å². The Morgan fingerprint density at radius 1 is 1.23 bits per heavy atom. The molecule has 0 fully saturated rings. The number of carbonyl (C=O) groups is 1. The Bertz CT molecular complexity index is 1210. The number of nitrogens with one attached hydrogen (secondary N) is 1. The summed E-state index contributed by atoms with van der Waals surface area (Å²) in [6.45, 7) is 1.66. The van der Waals surface area contributed by atoms with Crippen LogP contribution in [0.15, 0.2) is 51.9 Å². The molecule has 4 rings (SSSR count). The predicted octanol–water partition coefficient (Wildman–Crippen LogP) is 2.48. The Balaban J connectivity index is 1.56. The Morgan fingerprint density at radius 3 is 2.71 bits per heavy atom. The quantitative estimate of drug-likeness (QED) is 0.573. The highest BCUT2D eigenvalue weighted by atomic mass is 35.5. The Kier molecular flexibility index (Phi) is 5.94. The lowest BCUT2D eigenvalue weighted by molar-refractivity contribution is -0.121. The van der Waals surface area contributed by atoms with Crippen LogP contribution < -0.4 is 14.4 Å². The van der Waals surface area contributed by atoms with E-state index in [1.54, 1.807) is 6.92 Å². The van der Waals surface area contributed by atoms with Crippen molar-refractivity contribution in [2.24, 2.45) is 0 Å². The number of ether oxygens (including phenoxy) is 1. The smallest absolute Gasteiger partial charge is 0.265 e. The third-order valence-corrected chi connectivity index (χ3v) is 6.59. The normalized spacial score (nSPS) is 13.7. The van der Waals surface area contributed by atoms with Gasteiger partial charge >= 0.3 is 0 Å². The lowest BCUT2D eigenvalue weighted by Crippen LogP contribution is -2.38. The van der Waals surface area contributed by atoms with Gasteiger partial charge in [-0.3, -0.25) is 9.69 Å². The van der Waals surface area contributed by atoms with Gasteiger partial charge in [0.15, 0.2) is 12.4 Å². The Labute approximate surface area is 184 Å². The number of amides is 1. The van der Waals surface area contributed by atoms with Gasteiger partial charge in [-0.2, -0.15) is 4.98 Å². The molecule has 0 radical (unpaired) electrons. The summed E-state index contributed by atoms with van der Waals surface area (Å²) in [4.78, 5) is 17.7. The zero-order valence-corrected chi connectivity index (χ0v) is 18.1. The maximum Gasteiger partial charge on any atom is 0.265 e. The number of carbonyl (C=O) groups excluding carboxylic acids is 1.